The minimum atomic E-state index is -1.03. The molecule has 1 saturated heterocycles. The lowest BCUT2D eigenvalue weighted by Gasteiger charge is -2.30. The molecule has 234 valence electrons. The third kappa shape index (κ3) is 8.82. The van der Waals surface area contributed by atoms with Crippen LogP contribution in [0.3, 0.4) is 0 Å². The van der Waals surface area contributed by atoms with E-state index in [2.05, 4.69) is 13.8 Å². The molecule has 0 unspecified atom stereocenters. The summed E-state index contributed by atoms with van der Waals surface area (Å²) in [5, 5.41) is 0. The zero-order valence-electron chi connectivity index (χ0n) is 25.4. The van der Waals surface area contributed by atoms with Crippen LogP contribution in [0.1, 0.15) is 96.0 Å². The molecule has 0 radical (unpaired) electrons. The molecular weight excluding hydrogens is 556 g/mol. The Morgan fingerprint density at radius 1 is 0.605 bits per heavy atom. The van der Waals surface area contributed by atoms with Crippen molar-refractivity contribution in [1.29, 1.82) is 0 Å². The van der Waals surface area contributed by atoms with Crippen LogP contribution in [0.15, 0.2) is 48.5 Å². The number of hydrogen-bond acceptors (Lipinski definition) is 3. The zero-order valence-corrected chi connectivity index (χ0v) is 25.4. The summed E-state index contributed by atoms with van der Waals surface area (Å²) < 4.78 is 77.2. The maximum Gasteiger partial charge on any atom is 0.201 e. The lowest BCUT2D eigenvalue weighted by atomic mass is 9.94. The third-order valence-electron chi connectivity index (χ3n) is 8.12. The standard InChI is InChI=1S/C36H44F4O3/c1-3-5-7-9-11-13-32-42-23-27(24-43-32)30-19-18-28(33(37)34(30)38)25-14-16-26(17-15-25)29-20-21-31(36(40)35(29)39)41-22-12-10-8-6-4-2/h14-21,27,32H,3-13,22-24H2,1-2H3. The van der Waals surface area contributed by atoms with Crippen LogP contribution >= 0.6 is 0 Å². The van der Waals surface area contributed by atoms with Gasteiger partial charge in [-0.25, -0.2) is 13.2 Å². The molecule has 43 heavy (non-hydrogen) atoms. The van der Waals surface area contributed by atoms with Crippen LogP contribution in [-0.4, -0.2) is 26.1 Å². The maximum atomic E-state index is 15.2. The van der Waals surface area contributed by atoms with E-state index in [0.717, 1.165) is 51.4 Å². The predicted octanol–water partition coefficient (Wildman–Crippen LogP) is 10.7. The highest BCUT2D eigenvalue weighted by Crippen LogP contribution is 2.35. The van der Waals surface area contributed by atoms with E-state index in [0.29, 0.717) is 17.7 Å². The fourth-order valence-electron chi connectivity index (χ4n) is 5.49. The topological polar surface area (TPSA) is 27.7 Å². The number of hydrogen-bond donors (Lipinski definition) is 0. The van der Waals surface area contributed by atoms with Crippen LogP contribution in [0.25, 0.3) is 22.3 Å². The lowest BCUT2D eigenvalue weighted by molar-refractivity contribution is -0.190. The first-order valence-electron chi connectivity index (χ1n) is 15.9. The molecule has 4 rings (SSSR count). The highest BCUT2D eigenvalue weighted by Gasteiger charge is 2.27. The third-order valence-corrected chi connectivity index (χ3v) is 8.12. The molecule has 0 spiro atoms. The molecule has 3 nitrogen and oxygen atoms in total. The van der Waals surface area contributed by atoms with Gasteiger partial charge in [0.1, 0.15) is 0 Å². The molecule has 1 aliphatic heterocycles. The Morgan fingerprint density at radius 3 is 1.74 bits per heavy atom. The molecule has 0 aromatic heterocycles. The zero-order chi connectivity index (χ0) is 30.6. The van der Waals surface area contributed by atoms with E-state index in [1.165, 1.54) is 37.5 Å². The Bertz CT molecular complexity index is 1290. The van der Waals surface area contributed by atoms with Gasteiger partial charge in [-0.3, -0.25) is 0 Å². The average Bonchev–Trinajstić information content (AvgIpc) is 3.03. The van der Waals surface area contributed by atoms with Crippen LogP contribution in [0, 0.1) is 23.3 Å². The maximum absolute atomic E-state index is 15.2. The van der Waals surface area contributed by atoms with Gasteiger partial charge in [-0.15, -0.1) is 0 Å². The summed E-state index contributed by atoms with van der Waals surface area (Å²) in [6.45, 7) is 5.18. The van der Waals surface area contributed by atoms with E-state index in [-0.39, 0.29) is 41.9 Å². The Morgan fingerprint density at radius 2 is 1.14 bits per heavy atom. The first kappa shape index (κ1) is 33.0. The second kappa shape index (κ2) is 16.8. The summed E-state index contributed by atoms with van der Waals surface area (Å²) >= 11 is 0. The van der Waals surface area contributed by atoms with E-state index >= 15 is 8.78 Å². The van der Waals surface area contributed by atoms with Gasteiger partial charge in [0.05, 0.1) is 19.8 Å². The van der Waals surface area contributed by atoms with Crippen molar-refractivity contribution in [3.63, 3.8) is 0 Å². The van der Waals surface area contributed by atoms with Crippen LogP contribution in [0.4, 0.5) is 17.6 Å². The summed E-state index contributed by atoms with van der Waals surface area (Å²) in [7, 11) is 0. The molecule has 1 fully saturated rings. The molecule has 3 aromatic rings. The Hall–Kier alpha value is -2.90. The molecule has 1 heterocycles. The summed E-state index contributed by atoms with van der Waals surface area (Å²) in [6, 6.07) is 12.3. The van der Waals surface area contributed by atoms with Crippen LogP contribution < -0.4 is 4.74 Å². The molecule has 0 aliphatic carbocycles. The van der Waals surface area contributed by atoms with Crippen molar-refractivity contribution in [2.24, 2.45) is 0 Å². The van der Waals surface area contributed by atoms with Gasteiger partial charge in [0, 0.05) is 17.0 Å². The largest absolute Gasteiger partial charge is 0.490 e. The first-order valence-corrected chi connectivity index (χ1v) is 15.9. The Balaban J connectivity index is 1.37. The molecule has 0 atom stereocenters. The molecule has 7 heteroatoms. The molecule has 1 aliphatic rings. The lowest BCUT2D eigenvalue weighted by Crippen LogP contribution is -2.31. The van der Waals surface area contributed by atoms with Gasteiger partial charge in [0.2, 0.25) is 5.82 Å². The molecular formula is C36H44F4O3. The van der Waals surface area contributed by atoms with Crippen LogP contribution in [0.5, 0.6) is 5.75 Å². The van der Waals surface area contributed by atoms with Gasteiger partial charge in [-0.2, -0.15) is 4.39 Å². The van der Waals surface area contributed by atoms with E-state index in [4.69, 9.17) is 14.2 Å². The van der Waals surface area contributed by atoms with Crippen molar-refractivity contribution in [2.75, 3.05) is 19.8 Å². The van der Waals surface area contributed by atoms with E-state index < -0.39 is 29.2 Å². The summed E-state index contributed by atoms with van der Waals surface area (Å²) in [5.74, 6) is -4.44. The fraction of sp³-hybridized carbons (Fsp3) is 0.500. The second-order valence-corrected chi connectivity index (χ2v) is 11.4. The minimum absolute atomic E-state index is 0.0675. The number of unbranched alkanes of at least 4 members (excludes halogenated alkanes) is 8. The molecule has 3 aromatic carbocycles. The quantitative estimate of drug-likeness (QED) is 0.121. The highest BCUT2D eigenvalue weighted by molar-refractivity contribution is 5.72. The number of rotatable bonds is 16. The Labute approximate surface area is 253 Å². The average molecular weight is 601 g/mol. The fourth-order valence-corrected chi connectivity index (χ4v) is 5.49. The van der Waals surface area contributed by atoms with Gasteiger partial charge in [0.25, 0.3) is 0 Å². The van der Waals surface area contributed by atoms with Crippen molar-refractivity contribution >= 4 is 0 Å². The molecule has 0 N–H and O–H groups in total. The Kier molecular flexibility index (Phi) is 12.9. The monoisotopic (exact) mass is 600 g/mol. The number of benzene rings is 3. The number of ether oxygens (including phenoxy) is 3. The smallest absolute Gasteiger partial charge is 0.201 e. The van der Waals surface area contributed by atoms with Crippen molar-refractivity contribution in [2.45, 2.75) is 96.7 Å². The second-order valence-electron chi connectivity index (χ2n) is 11.4. The van der Waals surface area contributed by atoms with Crippen molar-refractivity contribution < 1.29 is 31.8 Å². The first-order chi connectivity index (χ1) is 20.9. The molecule has 0 bridgehead atoms. The van der Waals surface area contributed by atoms with Gasteiger partial charge >= 0.3 is 0 Å². The molecule has 0 amide bonds. The summed E-state index contributed by atoms with van der Waals surface area (Å²) in [5.41, 5.74) is 1.22. The van der Waals surface area contributed by atoms with Gasteiger partial charge in [-0.05, 0) is 48.1 Å². The highest BCUT2D eigenvalue weighted by atomic mass is 19.2. The van der Waals surface area contributed by atoms with Crippen molar-refractivity contribution in [3.05, 3.63) is 77.4 Å². The van der Waals surface area contributed by atoms with Gasteiger partial charge in [0.15, 0.2) is 29.5 Å². The van der Waals surface area contributed by atoms with Crippen molar-refractivity contribution in [1.82, 2.24) is 0 Å². The number of halogens is 4. The van der Waals surface area contributed by atoms with Gasteiger partial charge in [-0.1, -0.05) is 102 Å². The van der Waals surface area contributed by atoms with Gasteiger partial charge < -0.3 is 14.2 Å². The minimum Gasteiger partial charge on any atom is -0.490 e. The van der Waals surface area contributed by atoms with Crippen molar-refractivity contribution in [3.8, 4) is 28.0 Å². The predicted molar refractivity (Wildman–Crippen MR) is 163 cm³/mol. The van der Waals surface area contributed by atoms with Crippen LogP contribution in [0.2, 0.25) is 0 Å². The molecule has 0 saturated carbocycles. The normalized spacial score (nSPS) is 16.9. The van der Waals surface area contributed by atoms with E-state index in [1.54, 1.807) is 30.3 Å². The summed E-state index contributed by atoms with van der Waals surface area (Å²) in [6.07, 6.45) is 11.4. The van der Waals surface area contributed by atoms with E-state index in [9.17, 15) is 8.78 Å². The van der Waals surface area contributed by atoms with E-state index in [1.807, 2.05) is 0 Å². The SMILES string of the molecule is CCCCCCCOc1ccc(-c2ccc(-c3ccc(C4COC(CCCCCCC)OC4)c(F)c3F)cc2)c(F)c1F. The van der Waals surface area contributed by atoms with Crippen LogP contribution in [-0.2, 0) is 9.47 Å². The summed E-state index contributed by atoms with van der Waals surface area (Å²) in [4.78, 5) is 0.